The molecule has 2 saturated heterocycles. The van der Waals surface area contributed by atoms with Crippen molar-refractivity contribution in [1.29, 1.82) is 0 Å². The Kier molecular flexibility index (Phi) is 5.42. The highest BCUT2D eigenvalue weighted by Gasteiger charge is 2.36. The summed E-state index contributed by atoms with van der Waals surface area (Å²) in [6.07, 6.45) is 6.44. The van der Waals surface area contributed by atoms with Crippen molar-refractivity contribution in [3.8, 4) is 0 Å². The van der Waals surface area contributed by atoms with Crippen LogP contribution in [0.1, 0.15) is 42.6 Å². The molecule has 0 spiro atoms. The van der Waals surface area contributed by atoms with Gasteiger partial charge in [0, 0.05) is 52.4 Å². The van der Waals surface area contributed by atoms with E-state index in [1.165, 1.54) is 12.8 Å². The van der Waals surface area contributed by atoms with Crippen LogP contribution in [0.5, 0.6) is 0 Å². The van der Waals surface area contributed by atoms with Gasteiger partial charge < -0.3 is 19.7 Å². The largest absolute Gasteiger partial charge is 0.356 e. The van der Waals surface area contributed by atoms with E-state index in [9.17, 15) is 14.4 Å². The first kappa shape index (κ1) is 19.0. The minimum Gasteiger partial charge on any atom is -0.356 e. The molecule has 1 aliphatic carbocycles. The molecule has 7 nitrogen and oxygen atoms in total. The standard InChI is InChI=1S/C21H30N4O3/c1-23-8-2-3-18(23)21(28)24-9-6-16(7-10-24)13-25-14-17(11-19(25)26)20(27)22-12-15-4-5-15/h2-3,8,15-17H,4-7,9-14H2,1H3,(H,22,27). The van der Waals surface area contributed by atoms with E-state index < -0.39 is 0 Å². The fraction of sp³-hybridized carbons (Fsp3) is 0.667. The quantitative estimate of drug-likeness (QED) is 0.800. The predicted molar refractivity (Wildman–Crippen MR) is 104 cm³/mol. The highest BCUT2D eigenvalue weighted by molar-refractivity contribution is 5.92. The third-order valence-electron chi connectivity index (χ3n) is 6.39. The van der Waals surface area contributed by atoms with Gasteiger partial charge in [-0.05, 0) is 49.7 Å². The normalized spacial score (nSPS) is 23.3. The van der Waals surface area contributed by atoms with Crippen LogP contribution in [0.25, 0.3) is 0 Å². The first-order valence-electron chi connectivity index (χ1n) is 10.5. The molecule has 7 heteroatoms. The molecule has 3 fully saturated rings. The summed E-state index contributed by atoms with van der Waals surface area (Å²) in [5, 5.41) is 3.00. The zero-order chi connectivity index (χ0) is 19.7. The van der Waals surface area contributed by atoms with E-state index in [4.69, 9.17) is 0 Å². The summed E-state index contributed by atoms with van der Waals surface area (Å²) in [4.78, 5) is 41.0. The number of rotatable bonds is 6. The lowest BCUT2D eigenvalue weighted by atomic mass is 9.96. The van der Waals surface area contributed by atoms with E-state index in [1.54, 1.807) is 0 Å². The Hall–Kier alpha value is -2.31. The van der Waals surface area contributed by atoms with E-state index in [2.05, 4.69) is 5.32 Å². The molecule has 152 valence electrons. The van der Waals surface area contributed by atoms with Crippen LogP contribution >= 0.6 is 0 Å². The highest BCUT2D eigenvalue weighted by atomic mass is 16.2. The summed E-state index contributed by atoms with van der Waals surface area (Å²) >= 11 is 0. The number of hydrogen-bond acceptors (Lipinski definition) is 3. The van der Waals surface area contributed by atoms with Crippen LogP contribution < -0.4 is 5.32 Å². The number of likely N-dealkylation sites (tertiary alicyclic amines) is 2. The number of nitrogens with zero attached hydrogens (tertiary/aromatic N) is 3. The number of carbonyl (C=O) groups is 3. The molecule has 2 aliphatic heterocycles. The average Bonchev–Trinajstić information content (AvgIpc) is 3.32. The summed E-state index contributed by atoms with van der Waals surface area (Å²) in [5.74, 6) is 1.05. The molecule has 3 amide bonds. The average molecular weight is 386 g/mol. The number of hydrogen-bond donors (Lipinski definition) is 1. The van der Waals surface area contributed by atoms with Crippen molar-refractivity contribution in [2.24, 2.45) is 24.8 Å². The third-order valence-corrected chi connectivity index (χ3v) is 6.39. The second kappa shape index (κ2) is 7.97. The molecule has 0 bridgehead atoms. The number of aryl methyl sites for hydroxylation is 1. The van der Waals surface area contributed by atoms with Gasteiger partial charge in [0.25, 0.3) is 5.91 Å². The van der Waals surface area contributed by atoms with Crippen LogP contribution in [0.3, 0.4) is 0 Å². The summed E-state index contributed by atoms with van der Waals surface area (Å²) in [6.45, 7) is 3.45. The Morgan fingerprint density at radius 1 is 1.14 bits per heavy atom. The van der Waals surface area contributed by atoms with Crippen LogP contribution in [0.2, 0.25) is 0 Å². The van der Waals surface area contributed by atoms with Crippen LogP contribution in [-0.2, 0) is 16.6 Å². The van der Waals surface area contributed by atoms with Crippen molar-refractivity contribution in [3.63, 3.8) is 0 Å². The number of carbonyl (C=O) groups excluding carboxylic acids is 3. The van der Waals surface area contributed by atoms with Crippen molar-refractivity contribution in [1.82, 2.24) is 19.7 Å². The van der Waals surface area contributed by atoms with Gasteiger partial charge in [0.2, 0.25) is 11.8 Å². The molecule has 4 rings (SSSR count). The van der Waals surface area contributed by atoms with Crippen LogP contribution in [0.15, 0.2) is 18.3 Å². The predicted octanol–water partition coefficient (Wildman–Crippen LogP) is 1.25. The second-order valence-corrected chi connectivity index (χ2v) is 8.63. The fourth-order valence-electron chi connectivity index (χ4n) is 4.31. The second-order valence-electron chi connectivity index (χ2n) is 8.63. The molecule has 1 aromatic heterocycles. The van der Waals surface area contributed by atoms with Crippen molar-refractivity contribution in [2.45, 2.75) is 32.1 Å². The van der Waals surface area contributed by atoms with Gasteiger partial charge in [0.05, 0.1) is 5.92 Å². The molecule has 1 unspecified atom stereocenters. The first-order valence-corrected chi connectivity index (χ1v) is 10.5. The van der Waals surface area contributed by atoms with Crippen LogP contribution in [-0.4, -0.2) is 64.8 Å². The van der Waals surface area contributed by atoms with Crippen LogP contribution in [0.4, 0.5) is 0 Å². The Balaban J connectivity index is 1.23. The molecule has 1 atom stereocenters. The lowest BCUT2D eigenvalue weighted by Gasteiger charge is -2.34. The molecule has 1 aromatic rings. The smallest absolute Gasteiger partial charge is 0.270 e. The minimum atomic E-state index is -0.203. The van der Waals surface area contributed by atoms with Gasteiger partial charge in [-0.25, -0.2) is 0 Å². The summed E-state index contributed by atoms with van der Waals surface area (Å²) in [7, 11) is 1.89. The zero-order valence-electron chi connectivity index (χ0n) is 16.6. The molecule has 1 saturated carbocycles. The van der Waals surface area contributed by atoms with E-state index in [1.807, 2.05) is 39.7 Å². The summed E-state index contributed by atoms with van der Waals surface area (Å²) in [5.41, 5.74) is 0.716. The maximum atomic E-state index is 12.6. The topological polar surface area (TPSA) is 74.7 Å². The molecule has 0 aromatic carbocycles. The maximum Gasteiger partial charge on any atom is 0.270 e. The minimum absolute atomic E-state index is 0.0331. The number of aromatic nitrogens is 1. The zero-order valence-corrected chi connectivity index (χ0v) is 16.6. The monoisotopic (exact) mass is 386 g/mol. The highest BCUT2D eigenvalue weighted by Crippen LogP contribution is 2.28. The Bertz CT molecular complexity index is 747. The SMILES string of the molecule is Cn1cccc1C(=O)N1CCC(CN2CC(C(=O)NCC3CC3)CC2=O)CC1. The molecule has 3 aliphatic rings. The van der Waals surface area contributed by atoms with E-state index >= 15 is 0 Å². The van der Waals surface area contributed by atoms with Crippen LogP contribution in [0, 0.1) is 17.8 Å². The first-order chi connectivity index (χ1) is 13.5. The summed E-state index contributed by atoms with van der Waals surface area (Å²) in [6, 6.07) is 3.74. The number of amides is 3. The van der Waals surface area contributed by atoms with Gasteiger partial charge in [0.1, 0.15) is 5.69 Å². The molecular formula is C21H30N4O3. The fourth-order valence-corrected chi connectivity index (χ4v) is 4.31. The van der Waals surface area contributed by atoms with Crippen molar-refractivity contribution in [2.75, 3.05) is 32.7 Å². The van der Waals surface area contributed by atoms with E-state index in [0.717, 1.165) is 32.5 Å². The van der Waals surface area contributed by atoms with E-state index in [0.29, 0.717) is 37.0 Å². The van der Waals surface area contributed by atoms with Crippen molar-refractivity contribution in [3.05, 3.63) is 24.0 Å². The van der Waals surface area contributed by atoms with Crippen molar-refractivity contribution < 1.29 is 14.4 Å². The maximum absolute atomic E-state index is 12.6. The molecule has 1 N–H and O–H groups in total. The third kappa shape index (κ3) is 4.23. The van der Waals surface area contributed by atoms with Gasteiger partial charge in [-0.15, -0.1) is 0 Å². The molecule has 0 radical (unpaired) electrons. The van der Waals surface area contributed by atoms with E-state index in [-0.39, 0.29) is 23.6 Å². The van der Waals surface area contributed by atoms with Gasteiger partial charge >= 0.3 is 0 Å². The van der Waals surface area contributed by atoms with Crippen molar-refractivity contribution >= 4 is 17.7 Å². The van der Waals surface area contributed by atoms with Gasteiger partial charge in [0.15, 0.2) is 0 Å². The number of nitrogens with one attached hydrogen (secondary N) is 1. The Labute approximate surface area is 166 Å². The number of piperidine rings is 1. The molecule has 3 heterocycles. The lowest BCUT2D eigenvalue weighted by Crippen LogP contribution is -2.42. The Morgan fingerprint density at radius 2 is 1.89 bits per heavy atom. The van der Waals surface area contributed by atoms with Gasteiger partial charge in [-0.3, -0.25) is 14.4 Å². The van der Waals surface area contributed by atoms with Gasteiger partial charge in [-0.1, -0.05) is 0 Å². The van der Waals surface area contributed by atoms with Gasteiger partial charge in [-0.2, -0.15) is 0 Å². The lowest BCUT2D eigenvalue weighted by molar-refractivity contribution is -0.129. The Morgan fingerprint density at radius 3 is 2.54 bits per heavy atom. The molecular weight excluding hydrogens is 356 g/mol. The molecule has 28 heavy (non-hydrogen) atoms. The summed E-state index contributed by atoms with van der Waals surface area (Å²) < 4.78 is 1.85.